The van der Waals surface area contributed by atoms with Gasteiger partial charge in [-0.2, -0.15) is 0 Å². The van der Waals surface area contributed by atoms with Crippen molar-refractivity contribution in [3.63, 3.8) is 0 Å². The number of carboxylic acids is 1. The molecule has 1 heterocycles. The molecule has 1 aliphatic rings. The molecule has 9 heteroatoms. The van der Waals surface area contributed by atoms with Gasteiger partial charge in [-0.15, -0.1) is 0 Å². The molecule has 4 rings (SSSR count). The van der Waals surface area contributed by atoms with Crippen LogP contribution in [0.2, 0.25) is 0 Å². The van der Waals surface area contributed by atoms with E-state index >= 15 is 0 Å². The number of hydrogen-bond donors (Lipinski definition) is 2. The molecule has 1 aromatic heterocycles. The molecule has 9 nitrogen and oxygen atoms in total. The van der Waals surface area contributed by atoms with Gasteiger partial charge in [0.1, 0.15) is 12.6 Å². The van der Waals surface area contributed by atoms with Gasteiger partial charge in [-0.3, -0.25) is 19.6 Å². The van der Waals surface area contributed by atoms with Crippen LogP contribution in [0.1, 0.15) is 35.6 Å². The predicted octanol–water partition coefficient (Wildman–Crippen LogP) is 3.21. The minimum absolute atomic E-state index is 0.0663. The lowest BCUT2D eigenvalue weighted by atomic mass is 9.98. The second-order valence-electron chi connectivity index (χ2n) is 8.35. The number of fused-ring (bicyclic) bond motifs is 3. The number of rotatable bonds is 9. The summed E-state index contributed by atoms with van der Waals surface area (Å²) in [4.78, 5) is 46.3. The zero-order valence-electron chi connectivity index (χ0n) is 19.3. The summed E-state index contributed by atoms with van der Waals surface area (Å²) in [5.74, 6) is -1.63. The van der Waals surface area contributed by atoms with E-state index in [0.717, 1.165) is 22.3 Å². The van der Waals surface area contributed by atoms with Crippen LogP contribution in [0.3, 0.4) is 0 Å². The number of likely N-dealkylation sites (N-methyl/N-ethyl adjacent to an activating group) is 1. The van der Waals surface area contributed by atoms with Gasteiger partial charge < -0.3 is 20.1 Å². The standard InChI is InChI=1S/C26H26N4O5/c1-30(15-17-14-27-12-13-28-17)25(33)23(10-11-24(31)32)29-26(34)35-16-22-20-8-4-2-6-18(20)19-7-3-5-9-21(19)22/h2-9,12-14,22-23H,10-11,15-16H2,1H3,(H,29,34)(H,31,32). The molecule has 2 amide bonds. The second-order valence-corrected chi connectivity index (χ2v) is 8.35. The van der Waals surface area contributed by atoms with Gasteiger partial charge >= 0.3 is 12.1 Å². The van der Waals surface area contributed by atoms with Crippen molar-refractivity contribution in [3.05, 3.63) is 83.9 Å². The van der Waals surface area contributed by atoms with Crippen LogP contribution >= 0.6 is 0 Å². The fourth-order valence-corrected chi connectivity index (χ4v) is 4.31. The third kappa shape index (κ3) is 5.63. The zero-order chi connectivity index (χ0) is 24.8. The predicted molar refractivity (Wildman–Crippen MR) is 127 cm³/mol. The zero-order valence-corrected chi connectivity index (χ0v) is 19.3. The molecular weight excluding hydrogens is 448 g/mol. The van der Waals surface area contributed by atoms with E-state index in [0.29, 0.717) is 5.69 Å². The highest BCUT2D eigenvalue weighted by atomic mass is 16.5. The van der Waals surface area contributed by atoms with Crippen molar-refractivity contribution in [2.75, 3.05) is 13.7 Å². The van der Waals surface area contributed by atoms with Crippen molar-refractivity contribution in [2.45, 2.75) is 31.3 Å². The van der Waals surface area contributed by atoms with Crippen LogP contribution in [-0.4, -0.2) is 57.6 Å². The number of aromatic nitrogens is 2. The summed E-state index contributed by atoms with van der Waals surface area (Å²) in [7, 11) is 1.56. The number of aliphatic carboxylic acids is 1. The minimum Gasteiger partial charge on any atom is -0.481 e. The molecular formula is C26H26N4O5. The Morgan fingerprint density at radius 2 is 1.71 bits per heavy atom. The lowest BCUT2D eigenvalue weighted by molar-refractivity contribution is -0.138. The van der Waals surface area contributed by atoms with Gasteiger partial charge in [-0.25, -0.2) is 4.79 Å². The smallest absolute Gasteiger partial charge is 0.407 e. The van der Waals surface area contributed by atoms with Gasteiger partial charge in [0.25, 0.3) is 0 Å². The highest BCUT2D eigenvalue weighted by molar-refractivity contribution is 5.86. The highest BCUT2D eigenvalue weighted by Gasteiger charge is 2.30. The number of nitrogens with one attached hydrogen (secondary N) is 1. The van der Waals surface area contributed by atoms with E-state index in [1.807, 2.05) is 48.5 Å². The lowest BCUT2D eigenvalue weighted by Crippen LogP contribution is -2.47. The topological polar surface area (TPSA) is 122 Å². The molecule has 3 aromatic rings. The first-order valence-corrected chi connectivity index (χ1v) is 11.3. The van der Waals surface area contributed by atoms with E-state index in [2.05, 4.69) is 15.3 Å². The van der Waals surface area contributed by atoms with Crippen LogP contribution in [0.5, 0.6) is 0 Å². The highest BCUT2D eigenvalue weighted by Crippen LogP contribution is 2.44. The van der Waals surface area contributed by atoms with E-state index in [1.165, 1.54) is 23.5 Å². The maximum absolute atomic E-state index is 13.0. The lowest BCUT2D eigenvalue weighted by Gasteiger charge is -2.24. The Kier molecular flexibility index (Phi) is 7.35. The van der Waals surface area contributed by atoms with Gasteiger partial charge in [0.2, 0.25) is 5.91 Å². The molecule has 1 aliphatic carbocycles. The Balaban J connectivity index is 1.42. The van der Waals surface area contributed by atoms with Crippen LogP contribution in [0.4, 0.5) is 4.79 Å². The number of benzene rings is 2. The summed E-state index contributed by atoms with van der Waals surface area (Å²) in [6, 6.07) is 14.9. The summed E-state index contributed by atoms with van der Waals surface area (Å²) in [5, 5.41) is 11.7. The average molecular weight is 475 g/mol. The van der Waals surface area contributed by atoms with Crippen LogP contribution in [0, 0.1) is 0 Å². The van der Waals surface area contributed by atoms with Crippen molar-refractivity contribution in [1.29, 1.82) is 0 Å². The molecule has 0 radical (unpaired) electrons. The van der Waals surface area contributed by atoms with Crippen molar-refractivity contribution in [2.24, 2.45) is 0 Å². The number of carbonyl (C=O) groups is 3. The molecule has 1 atom stereocenters. The van der Waals surface area contributed by atoms with E-state index in [9.17, 15) is 14.4 Å². The number of carboxylic acid groups (broad SMARTS) is 1. The maximum atomic E-state index is 13.0. The maximum Gasteiger partial charge on any atom is 0.407 e. The third-order valence-electron chi connectivity index (χ3n) is 5.97. The van der Waals surface area contributed by atoms with Crippen molar-refractivity contribution >= 4 is 18.0 Å². The molecule has 2 N–H and O–H groups in total. The van der Waals surface area contributed by atoms with Crippen LogP contribution in [0.25, 0.3) is 11.1 Å². The Morgan fingerprint density at radius 3 is 2.31 bits per heavy atom. The number of ether oxygens (including phenoxy) is 1. The van der Waals surface area contributed by atoms with Gasteiger partial charge in [-0.1, -0.05) is 48.5 Å². The summed E-state index contributed by atoms with van der Waals surface area (Å²) in [6.07, 6.45) is 3.46. The molecule has 35 heavy (non-hydrogen) atoms. The first-order valence-electron chi connectivity index (χ1n) is 11.3. The first kappa shape index (κ1) is 23.9. The molecule has 0 spiro atoms. The van der Waals surface area contributed by atoms with E-state index in [-0.39, 0.29) is 31.9 Å². The second kappa shape index (κ2) is 10.8. The van der Waals surface area contributed by atoms with Crippen LogP contribution < -0.4 is 5.32 Å². The van der Waals surface area contributed by atoms with Crippen LogP contribution in [-0.2, 0) is 20.9 Å². The Hall–Kier alpha value is -4.27. The van der Waals surface area contributed by atoms with E-state index in [1.54, 1.807) is 7.05 Å². The van der Waals surface area contributed by atoms with Gasteiger partial charge in [0.15, 0.2) is 0 Å². The monoisotopic (exact) mass is 474 g/mol. The van der Waals surface area contributed by atoms with Gasteiger partial charge in [-0.05, 0) is 28.7 Å². The molecule has 0 fully saturated rings. The van der Waals surface area contributed by atoms with Gasteiger partial charge in [0, 0.05) is 31.8 Å². The normalized spacial score (nSPS) is 12.8. The number of amides is 2. The van der Waals surface area contributed by atoms with Crippen molar-refractivity contribution in [1.82, 2.24) is 20.2 Å². The van der Waals surface area contributed by atoms with Crippen LogP contribution in [0.15, 0.2) is 67.1 Å². The summed E-state index contributed by atoms with van der Waals surface area (Å²) in [5.41, 5.74) is 4.93. The summed E-state index contributed by atoms with van der Waals surface area (Å²) >= 11 is 0. The Morgan fingerprint density at radius 1 is 1.06 bits per heavy atom. The molecule has 180 valence electrons. The molecule has 0 saturated carbocycles. The third-order valence-corrected chi connectivity index (χ3v) is 5.97. The molecule has 0 bridgehead atoms. The van der Waals surface area contributed by atoms with Crippen molar-refractivity contribution < 1.29 is 24.2 Å². The first-order chi connectivity index (χ1) is 16.9. The number of nitrogens with zero attached hydrogens (tertiary/aromatic N) is 3. The minimum atomic E-state index is -1.06. The van der Waals surface area contributed by atoms with E-state index < -0.39 is 24.0 Å². The Bertz CT molecular complexity index is 1170. The van der Waals surface area contributed by atoms with Crippen molar-refractivity contribution in [3.8, 4) is 11.1 Å². The SMILES string of the molecule is CN(Cc1cnccn1)C(=O)C(CCC(=O)O)NC(=O)OCC1c2ccccc2-c2ccccc21. The van der Waals surface area contributed by atoms with E-state index in [4.69, 9.17) is 9.84 Å². The number of hydrogen-bond acceptors (Lipinski definition) is 6. The molecule has 1 unspecified atom stereocenters. The fourth-order valence-electron chi connectivity index (χ4n) is 4.31. The fraction of sp³-hybridized carbons (Fsp3) is 0.269. The average Bonchev–Trinajstić information content (AvgIpc) is 3.19. The largest absolute Gasteiger partial charge is 0.481 e. The summed E-state index contributed by atoms with van der Waals surface area (Å²) in [6.45, 7) is 0.262. The quantitative estimate of drug-likeness (QED) is 0.488. The number of carbonyl (C=O) groups excluding carboxylic acids is 2. The molecule has 2 aromatic carbocycles. The molecule has 0 aliphatic heterocycles. The van der Waals surface area contributed by atoms with Gasteiger partial charge in [0.05, 0.1) is 18.4 Å². The Labute approximate surface area is 202 Å². The summed E-state index contributed by atoms with van der Waals surface area (Å²) < 4.78 is 5.53. The number of alkyl carbamates (subject to hydrolysis) is 1. The molecule has 0 saturated heterocycles.